The fourth-order valence-electron chi connectivity index (χ4n) is 2.75. The first-order valence-corrected chi connectivity index (χ1v) is 8.70. The minimum absolute atomic E-state index is 0.0922. The lowest BCUT2D eigenvalue weighted by Gasteiger charge is -2.32. The second kappa shape index (κ2) is 8.52. The van der Waals surface area contributed by atoms with Gasteiger partial charge in [-0.15, -0.1) is 0 Å². The Kier molecular flexibility index (Phi) is 6.62. The van der Waals surface area contributed by atoms with E-state index in [9.17, 15) is 9.18 Å². The average Bonchev–Trinajstić information content (AvgIpc) is 2.55. The molecule has 0 radical (unpaired) electrons. The van der Waals surface area contributed by atoms with E-state index in [2.05, 4.69) is 31.4 Å². The lowest BCUT2D eigenvalue weighted by Crippen LogP contribution is -2.37. The number of nitrogens with one attached hydrogen (secondary N) is 2. The largest absolute Gasteiger partial charge is 0.495 e. The van der Waals surface area contributed by atoms with Gasteiger partial charge in [0.2, 0.25) is 5.91 Å². The number of anilines is 1. The Hall–Kier alpha value is -2.11. The van der Waals surface area contributed by atoms with Gasteiger partial charge in [-0.25, -0.2) is 4.39 Å². The number of rotatable bonds is 6. The van der Waals surface area contributed by atoms with Gasteiger partial charge in [-0.1, -0.05) is 44.5 Å². The summed E-state index contributed by atoms with van der Waals surface area (Å²) in [7, 11) is 1.53. The number of methoxy groups -OCH3 is 1. The zero-order chi connectivity index (χ0) is 19.3. The molecule has 0 aliphatic carbocycles. The van der Waals surface area contributed by atoms with Gasteiger partial charge >= 0.3 is 0 Å². The van der Waals surface area contributed by atoms with Gasteiger partial charge in [-0.2, -0.15) is 0 Å². The van der Waals surface area contributed by atoms with E-state index in [4.69, 9.17) is 16.3 Å². The molecule has 0 bridgehead atoms. The topological polar surface area (TPSA) is 50.4 Å². The molecule has 0 spiro atoms. The zero-order valence-corrected chi connectivity index (χ0v) is 16.2. The first-order valence-electron chi connectivity index (χ1n) is 8.33. The van der Waals surface area contributed by atoms with E-state index in [0.717, 1.165) is 5.56 Å². The molecule has 26 heavy (non-hydrogen) atoms. The molecule has 4 nitrogen and oxygen atoms in total. The highest BCUT2D eigenvalue weighted by molar-refractivity contribution is 6.31. The fourth-order valence-corrected chi connectivity index (χ4v) is 2.92. The summed E-state index contributed by atoms with van der Waals surface area (Å²) in [6.45, 7) is 6.28. The molecule has 2 N–H and O–H groups in total. The second-order valence-electron chi connectivity index (χ2n) is 7.12. The van der Waals surface area contributed by atoms with Crippen LogP contribution in [0.25, 0.3) is 0 Å². The molecule has 1 unspecified atom stereocenters. The number of carbonyl (C=O) groups is 1. The molecule has 0 heterocycles. The van der Waals surface area contributed by atoms with Crippen molar-refractivity contribution >= 4 is 23.2 Å². The number of hydrogen-bond acceptors (Lipinski definition) is 3. The summed E-state index contributed by atoms with van der Waals surface area (Å²) in [5.41, 5.74) is 1.28. The zero-order valence-electron chi connectivity index (χ0n) is 15.4. The molecule has 0 saturated heterocycles. The highest BCUT2D eigenvalue weighted by atomic mass is 35.5. The third kappa shape index (κ3) is 5.44. The highest BCUT2D eigenvalue weighted by Gasteiger charge is 2.26. The predicted molar refractivity (Wildman–Crippen MR) is 103 cm³/mol. The van der Waals surface area contributed by atoms with Crippen molar-refractivity contribution in [1.82, 2.24) is 5.32 Å². The van der Waals surface area contributed by atoms with Crippen molar-refractivity contribution in [2.45, 2.75) is 26.8 Å². The molecule has 2 aromatic rings. The van der Waals surface area contributed by atoms with Crippen LogP contribution in [0.5, 0.6) is 5.75 Å². The third-order valence-corrected chi connectivity index (χ3v) is 4.21. The van der Waals surface area contributed by atoms with Crippen LogP contribution in [0.1, 0.15) is 32.4 Å². The quantitative estimate of drug-likeness (QED) is 0.758. The SMILES string of the molecule is COc1ccc(Cl)cc1NC(=O)CNC(c1ccc(F)cc1)C(C)(C)C. The van der Waals surface area contributed by atoms with Gasteiger partial charge in [0.15, 0.2) is 0 Å². The Labute approximate surface area is 158 Å². The number of amides is 1. The van der Waals surface area contributed by atoms with Gasteiger partial charge in [-0.05, 0) is 41.3 Å². The molecule has 0 fully saturated rings. The van der Waals surface area contributed by atoms with Crippen molar-refractivity contribution in [3.05, 3.63) is 58.9 Å². The molecular formula is C20H24ClFN2O2. The Morgan fingerprint density at radius 2 is 1.85 bits per heavy atom. The maximum absolute atomic E-state index is 13.2. The van der Waals surface area contributed by atoms with Crippen LogP contribution in [-0.4, -0.2) is 19.6 Å². The molecule has 1 amide bonds. The van der Waals surface area contributed by atoms with Crippen molar-refractivity contribution in [2.75, 3.05) is 19.0 Å². The van der Waals surface area contributed by atoms with E-state index >= 15 is 0 Å². The molecule has 0 aliphatic rings. The standard InChI is InChI=1S/C20H24ClFN2O2/c1-20(2,3)19(13-5-8-15(22)9-6-13)23-12-18(25)24-16-11-14(21)7-10-17(16)26-4/h5-11,19,23H,12H2,1-4H3,(H,24,25). The maximum Gasteiger partial charge on any atom is 0.238 e. The number of benzene rings is 2. The first-order chi connectivity index (χ1) is 12.2. The molecule has 140 valence electrons. The van der Waals surface area contributed by atoms with Gasteiger partial charge in [0.1, 0.15) is 11.6 Å². The van der Waals surface area contributed by atoms with Crippen LogP contribution in [0, 0.1) is 11.2 Å². The molecule has 1 atom stereocenters. The monoisotopic (exact) mass is 378 g/mol. The van der Waals surface area contributed by atoms with Gasteiger partial charge in [0, 0.05) is 11.1 Å². The van der Waals surface area contributed by atoms with Crippen LogP contribution in [0.3, 0.4) is 0 Å². The molecule has 0 saturated carbocycles. The van der Waals surface area contributed by atoms with Crippen LogP contribution in [-0.2, 0) is 4.79 Å². The van der Waals surface area contributed by atoms with Crippen molar-refractivity contribution in [3.8, 4) is 5.75 Å². The van der Waals surface area contributed by atoms with Crippen LogP contribution in [0.4, 0.5) is 10.1 Å². The van der Waals surface area contributed by atoms with Crippen molar-refractivity contribution in [2.24, 2.45) is 5.41 Å². The first kappa shape index (κ1) is 20.2. The number of hydrogen-bond donors (Lipinski definition) is 2. The molecule has 0 aromatic heterocycles. The van der Waals surface area contributed by atoms with Gasteiger partial charge in [0.05, 0.1) is 19.3 Å². The normalized spacial score (nSPS) is 12.5. The number of carbonyl (C=O) groups excluding carboxylic acids is 1. The molecule has 0 aliphatic heterocycles. The lowest BCUT2D eigenvalue weighted by molar-refractivity contribution is -0.115. The van der Waals surface area contributed by atoms with E-state index in [1.807, 2.05) is 0 Å². The van der Waals surface area contributed by atoms with Crippen LogP contribution in [0.2, 0.25) is 5.02 Å². The van der Waals surface area contributed by atoms with Crippen molar-refractivity contribution in [3.63, 3.8) is 0 Å². The van der Waals surface area contributed by atoms with Crippen molar-refractivity contribution in [1.29, 1.82) is 0 Å². The molecule has 2 aromatic carbocycles. The predicted octanol–water partition coefficient (Wildman–Crippen LogP) is 4.80. The van der Waals surface area contributed by atoms with E-state index in [-0.39, 0.29) is 29.7 Å². The summed E-state index contributed by atoms with van der Waals surface area (Å²) in [4.78, 5) is 12.4. The van der Waals surface area contributed by atoms with Crippen LogP contribution < -0.4 is 15.4 Å². The van der Waals surface area contributed by atoms with E-state index in [1.54, 1.807) is 30.3 Å². The second-order valence-corrected chi connectivity index (χ2v) is 7.56. The minimum Gasteiger partial charge on any atom is -0.495 e. The summed E-state index contributed by atoms with van der Waals surface area (Å²) in [5, 5.41) is 6.57. The van der Waals surface area contributed by atoms with Crippen LogP contribution in [0.15, 0.2) is 42.5 Å². The van der Waals surface area contributed by atoms with Crippen molar-refractivity contribution < 1.29 is 13.9 Å². The van der Waals surface area contributed by atoms with Gasteiger partial charge < -0.3 is 15.4 Å². The Morgan fingerprint density at radius 3 is 2.42 bits per heavy atom. The Balaban J connectivity index is 2.08. The fraction of sp³-hybridized carbons (Fsp3) is 0.350. The summed E-state index contributed by atoms with van der Waals surface area (Å²) in [6, 6.07) is 11.2. The van der Waals surface area contributed by atoms with E-state index in [0.29, 0.717) is 16.5 Å². The minimum atomic E-state index is -0.285. The summed E-state index contributed by atoms with van der Waals surface area (Å²) in [5.74, 6) is 0.0304. The summed E-state index contributed by atoms with van der Waals surface area (Å²) < 4.78 is 18.4. The lowest BCUT2D eigenvalue weighted by atomic mass is 9.82. The Morgan fingerprint density at radius 1 is 1.19 bits per heavy atom. The van der Waals surface area contributed by atoms with E-state index < -0.39 is 0 Å². The molecule has 6 heteroatoms. The maximum atomic E-state index is 13.2. The Bertz CT molecular complexity index is 757. The van der Waals surface area contributed by atoms with Gasteiger partial charge in [-0.3, -0.25) is 4.79 Å². The molecular weight excluding hydrogens is 355 g/mol. The van der Waals surface area contributed by atoms with Crippen LogP contribution >= 0.6 is 11.6 Å². The van der Waals surface area contributed by atoms with Gasteiger partial charge in [0.25, 0.3) is 0 Å². The highest BCUT2D eigenvalue weighted by Crippen LogP contribution is 2.33. The van der Waals surface area contributed by atoms with E-state index in [1.165, 1.54) is 19.2 Å². The summed E-state index contributed by atoms with van der Waals surface area (Å²) >= 11 is 5.98. The summed E-state index contributed by atoms with van der Waals surface area (Å²) in [6.07, 6.45) is 0. The molecule has 2 rings (SSSR count). The smallest absolute Gasteiger partial charge is 0.238 e. The number of ether oxygens (including phenoxy) is 1. The average molecular weight is 379 g/mol. The number of halogens is 2. The third-order valence-electron chi connectivity index (χ3n) is 3.97.